The first-order valence-corrected chi connectivity index (χ1v) is 6.05. The SMILES string of the molecule is CC1(C)OC(=O)C(=CNc2cccc(F)c2Cl)C(=O)O1. The summed E-state index contributed by atoms with van der Waals surface area (Å²) in [5.41, 5.74) is -0.116. The Bertz CT molecular complexity index is 590. The van der Waals surface area contributed by atoms with Crippen molar-refractivity contribution in [2.45, 2.75) is 19.6 Å². The predicted molar refractivity (Wildman–Crippen MR) is 69.4 cm³/mol. The van der Waals surface area contributed by atoms with Crippen LogP contribution in [-0.2, 0) is 19.1 Å². The lowest BCUT2D eigenvalue weighted by molar-refractivity contribution is -0.222. The molecule has 1 saturated heterocycles. The van der Waals surface area contributed by atoms with Crippen molar-refractivity contribution in [3.05, 3.63) is 40.8 Å². The van der Waals surface area contributed by atoms with Gasteiger partial charge in [0.15, 0.2) is 5.57 Å². The number of nitrogens with one attached hydrogen (secondary N) is 1. The largest absolute Gasteiger partial charge is 0.419 e. The maximum Gasteiger partial charge on any atom is 0.350 e. The Morgan fingerprint density at radius 3 is 2.45 bits per heavy atom. The van der Waals surface area contributed by atoms with Crippen molar-refractivity contribution < 1.29 is 23.5 Å². The average Bonchev–Trinajstić information content (AvgIpc) is 2.31. The van der Waals surface area contributed by atoms with Crippen LogP contribution in [0.4, 0.5) is 10.1 Å². The molecule has 20 heavy (non-hydrogen) atoms. The number of hydrogen-bond donors (Lipinski definition) is 1. The summed E-state index contributed by atoms with van der Waals surface area (Å²) in [5.74, 6) is -3.58. The highest BCUT2D eigenvalue weighted by Crippen LogP contribution is 2.26. The van der Waals surface area contributed by atoms with Crippen LogP contribution in [0.25, 0.3) is 0 Å². The molecule has 7 heteroatoms. The quantitative estimate of drug-likeness (QED) is 0.516. The second kappa shape index (κ2) is 5.13. The van der Waals surface area contributed by atoms with E-state index in [1.54, 1.807) is 0 Å². The molecule has 0 aromatic heterocycles. The van der Waals surface area contributed by atoms with E-state index in [1.165, 1.54) is 32.0 Å². The fourth-order valence-electron chi connectivity index (χ4n) is 1.54. The zero-order valence-corrected chi connectivity index (χ0v) is 11.5. The topological polar surface area (TPSA) is 64.6 Å². The molecule has 1 fully saturated rings. The van der Waals surface area contributed by atoms with Gasteiger partial charge in [0.2, 0.25) is 0 Å². The summed E-state index contributed by atoms with van der Waals surface area (Å²) in [6.07, 6.45) is 1.07. The summed E-state index contributed by atoms with van der Waals surface area (Å²) < 4.78 is 23.0. The zero-order valence-electron chi connectivity index (χ0n) is 10.7. The number of rotatable bonds is 2. The molecule has 0 radical (unpaired) electrons. The number of ether oxygens (including phenoxy) is 2. The molecule has 1 aromatic carbocycles. The summed E-state index contributed by atoms with van der Waals surface area (Å²) in [6.45, 7) is 2.88. The zero-order chi connectivity index (χ0) is 14.9. The fraction of sp³-hybridized carbons (Fsp3) is 0.231. The van der Waals surface area contributed by atoms with Crippen LogP contribution in [0.2, 0.25) is 5.02 Å². The third-order valence-corrected chi connectivity index (χ3v) is 2.82. The molecule has 0 saturated carbocycles. The molecule has 0 spiro atoms. The highest BCUT2D eigenvalue weighted by atomic mass is 35.5. The number of halogens is 2. The van der Waals surface area contributed by atoms with Gasteiger partial charge in [-0.2, -0.15) is 0 Å². The molecule has 5 nitrogen and oxygen atoms in total. The van der Waals surface area contributed by atoms with Gasteiger partial charge in [-0.05, 0) is 12.1 Å². The van der Waals surface area contributed by atoms with Crippen molar-refractivity contribution in [1.82, 2.24) is 0 Å². The minimum Gasteiger partial charge on any atom is -0.419 e. The standard InChI is InChI=1S/C13H11ClFNO4/c1-13(2)19-11(17)7(12(18)20-13)6-16-9-5-3-4-8(15)10(9)14/h3-6,16H,1-2H3. The minimum atomic E-state index is -1.30. The molecule has 0 unspecified atom stereocenters. The summed E-state index contributed by atoms with van der Waals surface area (Å²) in [6, 6.07) is 4.11. The summed E-state index contributed by atoms with van der Waals surface area (Å²) in [5, 5.41) is 2.43. The Balaban J connectivity index is 2.22. The van der Waals surface area contributed by atoms with Crippen molar-refractivity contribution in [1.29, 1.82) is 0 Å². The molecule has 2 rings (SSSR count). The third kappa shape index (κ3) is 2.91. The molecule has 106 valence electrons. The van der Waals surface area contributed by atoms with Crippen LogP contribution >= 0.6 is 11.6 Å². The lowest BCUT2D eigenvalue weighted by Crippen LogP contribution is -2.42. The third-order valence-electron chi connectivity index (χ3n) is 2.44. The molecule has 1 aliphatic rings. The summed E-state index contributed by atoms with van der Waals surface area (Å²) >= 11 is 5.73. The highest BCUT2D eigenvalue weighted by molar-refractivity contribution is 6.33. The normalized spacial score (nSPS) is 17.3. The molecule has 0 aliphatic carbocycles. The highest BCUT2D eigenvalue weighted by Gasteiger charge is 2.38. The van der Waals surface area contributed by atoms with Gasteiger partial charge in [0, 0.05) is 20.0 Å². The van der Waals surface area contributed by atoms with Crippen LogP contribution in [0.1, 0.15) is 13.8 Å². The lowest BCUT2D eigenvalue weighted by atomic mass is 10.2. The van der Waals surface area contributed by atoms with Gasteiger partial charge in [-0.15, -0.1) is 0 Å². The van der Waals surface area contributed by atoms with E-state index in [0.29, 0.717) is 0 Å². The Morgan fingerprint density at radius 1 is 1.25 bits per heavy atom. The molecule has 0 atom stereocenters. The van der Waals surface area contributed by atoms with E-state index in [1.807, 2.05) is 0 Å². The summed E-state index contributed by atoms with van der Waals surface area (Å²) in [4.78, 5) is 23.3. The van der Waals surface area contributed by atoms with E-state index in [2.05, 4.69) is 5.32 Å². The van der Waals surface area contributed by atoms with Gasteiger partial charge < -0.3 is 14.8 Å². The first-order valence-electron chi connectivity index (χ1n) is 5.67. The van der Waals surface area contributed by atoms with Crippen LogP contribution in [0.15, 0.2) is 30.0 Å². The molecular formula is C13H11ClFNO4. The van der Waals surface area contributed by atoms with Crippen LogP contribution in [-0.4, -0.2) is 17.7 Å². The second-order valence-corrected chi connectivity index (χ2v) is 4.86. The number of esters is 2. The Hall–Kier alpha value is -2.08. The molecular weight excluding hydrogens is 289 g/mol. The lowest BCUT2D eigenvalue weighted by Gasteiger charge is -2.29. The van der Waals surface area contributed by atoms with Gasteiger partial charge in [-0.25, -0.2) is 14.0 Å². The number of cyclic esters (lactones) is 2. The molecule has 0 bridgehead atoms. The van der Waals surface area contributed by atoms with E-state index in [4.69, 9.17) is 21.1 Å². The first kappa shape index (κ1) is 14.3. The smallest absolute Gasteiger partial charge is 0.350 e. The van der Waals surface area contributed by atoms with Crippen LogP contribution in [0.5, 0.6) is 0 Å². The Kier molecular flexibility index (Phi) is 3.67. The van der Waals surface area contributed by atoms with E-state index in [-0.39, 0.29) is 16.3 Å². The second-order valence-electron chi connectivity index (χ2n) is 4.48. The maximum atomic E-state index is 13.2. The Labute approximate surface area is 119 Å². The predicted octanol–water partition coefficient (Wildman–Crippen LogP) is 2.61. The van der Waals surface area contributed by atoms with Crippen molar-refractivity contribution in [3.8, 4) is 0 Å². The van der Waals surface area contributed by atoms with E-state index in [0.717, 1.165) is 6.20 Å². The van der Waals surface area contributed by atoms with Crippen LogP contribution < -0.4 is 5.32 Å². The van der Waals surface area contributed by atoms with Gasteiger partial charge in [-0.3, -0.25) is 0 Å². The van der Waals surface area contributed by atoms with E-state index >= 15 is 0 Å². The number of carbonyl (C=O) groups excluding carboxylic acids is 2. The minimum absolute atomic E-state index is 0.151. The van der Waals surface area contributed by atoms with Gasteiger partial charge >= 0.3 is 11.9 Å². The van der Waals surface area contributed by atoms with Crippen molar-refractivity contribution in [2.24, 2.45) is 0 Å². The van der Waals surface area contributed by atoms with Crippen molar-refractivity contribution in [3.63, 3.8) is 0 Å². The average molecular weight is 300 g/mol. The van der Waals surface area contributed by atoms with Crippen LogP contribution in [0, 0.1) is 5.82 Å². The fourth-order valence-corrected chi connectivity index (χ4v) is 1.72. The van der Waals surface area contributed by atoms with Gasteiger partial charge in [-0.1, -0.05) is 17.7 Å². The maximum absolute atomic E-state index is 13.2. The monoisotopic (exact) mass is 299 g/mol. The van der Waals surface area contributed by atoms with E-state index < -0.39 is 23.5 Å². The number of anilines is 1. The van der Waals surface area contributed by atoms with Gasteiger partial charge in [0.1, 0.15) is 5.82 Å². The summed E-state index contributed by atoms with van der Waals surface area (Å²) in [7, 11) is 0. The number of benzene rings is 1. The van der Waals surface area contributed by atoms with Crippen molar-refractivity contribution >= 4 is 29.2 Å². The molecule has 1 aromatic rings. The van der Waals surface area contributed by atoms with Gasteiger partial charge in [0.05, 0.1) is 10.7 Å². The molecule has 1 heterocycles. The number of hydrogen-bond acceptors (Lipinski definition) is 5. The van der Waals surface area contributed by atoms with E-state index in [9.17, 15) is 14.0 Å². The number of carbonyl (C=O) groups is 2. The molecule has 1 aliphatic heterocycles. The van der Waals surface area contributed by atoms with Crippen molar-refractivity contribution in [2.75, 3.05) is 5.32 Å². The Morgan fingerprint density at radius 2 is 1.85 bits per heavy atom. The first-order chi connectivity index (χ1) is 9.30. The van der Waals surface area contributed by atoms with Gasteiger partial charge in [0.25, 0.3) is 5.79 Å². The molecule has 1 N–H and O–H groups in total. The molecule has 0 amide bonds. The van der Waals surface area contributed by atoms with Crippen LogP contribution in [0.3, 0.4) is 0 Å².